The minimum absolute atomic E-state index is 0.779. The fourth-order valence-corrected chi connectivity index (χ4v) is 3.46. The molecular weight excluding hydrogens is 401 g/mol. The number of hydrogen-bond donors (Lipinski definition) is 3. The van der Waals surface area contributed by atoms with Gasteiger partial charge in [-0.05, 0) is 55.8 Å². The Morgan fingerprint density at radius 2 is 1.57 bits per heavy atom. The van der Waals surface area contributed by atoms with Crippen LogP contribution >= 0.6 is 19.4 Å². The van der Waals surface area contributed by atoms with Crippen LogP contribution in [0, 0.1) is 0 Å². The first-order valence-corrected chi connectivity index (χ1v) is 10.9. The highest BCUT2D eigenvalue weighted by Gasteiger charge is 2.17. The third-order valence-electron chi connectivity index (χ3n) is 4.55. The van der Waals surface area contributed by atoms with Crippen molar-refractivity contribution in [2.75, 3.05) is 13.1 Å². The van der Waals surface area contributed by atoms with E-state index in [-0.39, 0.29) is 0 Å². The molecule has 3 N–H and O–H groups in total. The predicted molar refractivity (Wildman–Crippen MR) is 109 cm³/mol. The van der Waals surface area contributed by atoms with Gasteiger partial charge in [-0.2, -0.15) is 0 Å². The van der Waals surface area contributed by atoms with Crippen molar-refractivity contribution in [3.8, 4) is 0 Å². The minimum atomic E-state index is -4.64. The maximum atomic E-state index is 8.88. The second-order valence-electron chi connectivity index (χ2n) is 6.73. The van der Waals surface area contributed by atoms with Crippen LogP contribution in [0.1, 0.15) is 24.2 Å². The smallest absolute Gasteiger partial charge is 0.322 e. The molecule has 1 aliphatic heterocycles. The van der Waals surface area contributed by atoms with Crippen LogP contribution in [0.4, 0.5) is 0 Å². The average molecular weight is 424 g/mol. The van der Waals surface area contributed by atoms with Crippen LogP contribution in [0.2, 0.25) is 5.02 Å². The van der Waals surface area contributed by atoms with Crippen LogP contribution < -0.4 is 0 Å². The van der Waals surface area contributed by atoms with Crippen molar-refractivity contribution >= 4 is 30.5 Å². The lowest BCUT2D eigenvalue weighted by atomic mass is 10.2. The Morgan fingerprint density at radius 3 is 2.21 bits per heavy atom. The molecule has 4 rings (SSSR count). The van der Waals surface area contributed by atoms with Crippen molar-refractivity contribution in [1.29, 1.82) is 0 Å². The van der Waals surface area contributed by atoms with Gasteiger partial charge in [0.1, 0.15) is 5.82 Å². The summed E-state index contributed by atoms with van der Waals surface area (Å²) in [6.45, 7) is 4.14. The first-order chi connectivity index (χ1) is 13.3. The van der Waals surface area contributed by atoms with Gasteiger partial charge in [0.25, 0.3) is 0 Å². The van der Waals surface area contributed by atoms with Gasteiger partial charge in [-0.25, -0.2) is 9.55 Å². The highest BCUT2D eigenvalue weighted by Crippen LogP contribution is 2.26. The molecule has 150 valence electrons. The molecule has 2 aromatic carbocycles. The summed E-state index contributed by atoms with van der Waals surface area (Å²) >= 11 is 6.01. The van der Waals surface area contributed by atoms with E-state index in [1.165, 1.54) is 37.0 Å². The maximum absolute atomic E-state index is 8.88. The molecule has 0 radical (unpaired) electrons. The van der Waals surface area contributed by atoms with E-state index in [1.807, 2.05) is 12.1 Å². The van der Waals surface area contributed by atoms with E-state index in [9.17, 15) is 0 Å². The summed E-state index contributed by atoms with van der Waals surface area (Å²) < 4.78 is 11.2. The quantitative estimate of drug-likeness (QED) is 0.556. The number of nitrogens with zero attached hydrogens (tertiary/aromatic N) is 3. The topological polar surface area (TPSA) is 98.8 Å². The Labute approximate surface area is 168 Å². The molecule has 1 fully saturated rings. The zero-order valence-electron chi connectivity index (χ0n) is 15.3. The van der Waals surface area contributed by atoms with Gasteiger partial charge in [0, 0.05) is 11.6 Å². The second-order valence-corrected chi connectivity index (χ2v) is 8.19. The number of aromatic nitrogens is 2. The number of rotatable bonds is 4. The standard InChI is InChI=1S/C19H20ClN3.H3O4P/c20-16-9-7-15(8-10-16)13-23-18-6-2-1-5-17(18)21-19(23)14-22-11-3-4-12-22;1-5(2,3)4/h1-2,5-10H,3-4,11-14H2;(H3,1,2,3,4). The van der Waals surface area contributed by atoms with E-state index in [2.05, 4.69) is 45.9 Å². The first kappa shape index (κ1) is 21.0. The molecule has 3 aromatic rings. The molecule has 28 heavy (non-hydrogen) atoms. The fourth-order valence-electron chi connectivity index (χ4n) is 3.34. The van der Waals surface area contributed by atoms with Crippen LogP contribution in [0.5, 0.6) is 0 Å². The van der Waals surface area contributed by atoms with E-state index >= 15 is 0 Å². The number of likely N-dealkylation sites (tertiary alicyclic amines) is 1. The van der Waals surface area contributed by atoms with E-state index in [1.54, 1.807) is 0 Å². The third-order valence-corrected chi connectivity index (χ3v) is 4.80. The van der Waals surface area contributed by atoms with Crippen LogP contribution in [-0.2, 0) is 17.7 Å². The number of benzene rings is 2. The largest absolute Gasteiger partial charge is 0.466 e. The summed E-state index contributed by atoms with van der Waals surface area (Å²) in [6.07, 6.45) is 2.61. The molecule has 1 aliphatic rings. The van der Waals surface area contributed by atoms with Crippen molar-refractivity contribution in [3.05, 3.63) is 64.9 Å². The Morgan fingerprint density at radius 1 is 0.964 bits per heavy atom. The zero-order chi connectivity index (χ0) is 20.1. The Balaban J connectivity index is 0.000000403. The van der Waals surface area contributed by atoms with Gasteiger partial charge in [0.05, 0.1) is 17.6 Å². The normalized spacial score (nSPS) is 14.9. The van der Waals surface area contributed by atoms with E-state index < -0.39 is 7.82 Å². The Hall–Kier alpha value is -1.73. The van der Waals surface area contributed by atoms with Crippen molar-refractivity contribution < 1.29 is 19.2 Å². The monoisotopic (exact) mass is 423 g/mol. The molecule has 0 spiro atoms. The predicted octanol–water partition coefficient (Wildman–Crippen LogP) is 3.41. The van der Waals surface area contributed by atoms with Gasteiger partial charge in [-0.3, -0.25) is 4.90 Å². The maximum Gasteiger partial charge on any atom is 0.466 e. The number of para-hydroxylation sites is 2. The molecule has 9 heteroatoms. The molecule has 1 aromatic heterocycles. The fraction of sp³-hybridized carbons (Fsp3) is 0.316. The van der Waals surface area contributed by atoms with Crippen LogP contribution in [0.15, 0.2) is 48.5 Å². The van der Waals surface area contributed by atoms with E-state index in [0.717, 1.165) is 29.5 Å². The molecule has 0 aliphatic carbocycles. The summed E-state index contributed by atoms with van der Waals surface area (Å²) in [5.41, 5.74) is 3.53. The number of halogens is 1. The third kappa shape index (κ3) is 6.14. The highest BCUT2D eigenvalue weighted by atomic mass is 35.5. The summed E-state index contributed by atoms with van der Waals surface area (Å²) in [5, 5.41) is 0.779. The molecule has 2 heterocycles. The summed E-state index contributed by atoms with van der Waals surface area (Å²) in [4.78, 5) is 28.9. The van der Waals surface area contributed by atoms with Crippen LogP contribution in [0.25, 0.3) is 11.0 Å². The zero-order valence-corrected chi connectivity index (χ0v) is 16.9. The van der Waals surface area contributed by atoms with Gasteiger partial charge < -0.3 is 19.2 Å². The van der Waals surface area contributed by atoms with Crippen molar-refractivity contribution in [2.24, 2.45) is 0 Å². The second kappa shape index (κ2) is 9.18. The van der Waals surface area contributed by atoms with Crippen molar-refractivity contribution in [1.82, 2.24) is 14.5 Å². The number of imidazole rings is 1. The molecule has 7 nitrogen and oxygen atoms in total. The Bertz CT molecular complexity index is 957. The Kier molecular flexibility index (Phi) is 6.88. The lowest BCUT2D eigenvalue weighted by Gasteiger charge is -2.16. The average Bonchev–Trinajstić information content (AvgIpc) is 3.24. The molecular formula is C19H23ClN3O4P. The van der Waals surface area contributed by atoms with Crippen LogP contribution in [0.3, 0.4) is 0 Å². The SMILES string of the molecule is Clc1ccc(Cn2c(CN3CCCC3)nc3ccccc32)cc1.O=P(O)(O)O. The number of fused-ring (bicyclic) bond motifs is 1. The first-order valence-electron chi connectivity index (χ1n) is 8.99. The summed E-state index contributed by atoms with van der Waals surface area (Å²) in [5.74, 6) is 1.16. The summed E-state index contributed by atoms with van der Waals surface area (Å²) in [7, 11) is -4.64. The minimum Gasteiger partial charge on any atom is -0.322 e. The molecule has 0 amide bonds. The van der Waals surface area contributed by atoms with E-state index in [4.69, 9.17) is 35.8 Å². The summed E-state index contributed by atoms with van der Waals surface area (Å²) in [6, 6.07) is 16.5. The van der Waals surface area contributed by atoms with Gasteiger partial charge in [0.2, 0.25) is 0 Å². The molecule has 0 unspecified atom stereocenters. The lowest BCUT2D eigenvalue weighted by molar-refractivity contribution is 0.275. The van der Waals surface area contributed by atoms with Gasteiger partial charge in [-0.1, -0.05) is 35.9 Å². The highest BCUT2D eigenvalue weighted by molar-refractivity contribution is 7.45. The van der Waals surface area contributed by atoms with Crippen molar-refractivity contribution in [3.63, 3.8) is 0 Å². The molecule has 1 saturated heterocycles. The van der Waals surface area contributed by atoms with E-state index in [0.29, 0.717) is 0 Å². The molecule has 0 saturated carbocycles. The van der Waals surface area contributed by atoms with Gasteiger partial charge in [0.15, 0.2) is 0 Å². The van der Waals surface area contributed by atoms with Crippen molar-refractivity contribution in [2.45, 2.75) is 25.9 Å². The lowest BCUT2D eigenvalue weighted by Crippen LogP contribution is -2.21. The van der Waals surface area contributed by atoms with Gasteiger partial charge >= 0.3 is 7.82 Å². The van der Waals surface area contributed by atoms with Gasteiger partial charge in [-0.15, -0.1) is 0 Å². The number of phosphoric acid groups is 1. The van der Waals surface area contributed by atoms with Crippen LogP contribution in [-0.4, -0.2) is 42.2 Å². The molecule has 0 bridgehead atoms. The molecule has 0 atom stereocenters. The number of hydrogen-bond acceptors (Lipinski definition) is 3.